The number of ether oxygens (including phenoxy) is 3. The zero-order valence-electron chi connectivity index (χ0n) is 17.8. The Morgan fingerprint density at radius 3 is 2.81 bits per heavy atom. The summed E-state index contributed by atoms with van der Waals surface area (Å²) in [6.07, 6.45) is 4.69. The number of benzene rings is 1. The molecule has 1 N–H and O–H groups in total. The first-order valence-corrected chi connectivity index (χ1v) is 10.6. The molecule has 0 amide bonds. The van der Waals surface area contributed by atoms with Gasteiger partial charge in [0.15, 0.2) is 17.1 Å². The van der Waals surface area contributed by atoms with Crippen molar-refractivity contribution in [1.82, 2.24) is 19.1 Å². The third-order valence-electron chi connectivity index (χ3n) is 7.22. The molecule has 1 atom stereocenters. The van der Waals surface area contributed by atoms with E-state index in [0.717, 1.165) is 48.4 Å². The van der Waals surface area contributed by atoms with Crippen LogP contribution < -0.4 is 20.5 Å². The molecule has 9 nitrogen and oxygen atoms in total. The number of fused-ring (bicyclic) bond motifs is 3. The number of methoxy groups -OCH3 is 1. The monoisotopic (exact) mass is 423 g/mol. The van der Waals surface area contributed by atoms with Crippen molar-refractivity contribution in [2.75, 3.05) is 25.8 Å². The van der Waals surface area contributed by atoms with Crippen LogP contribution in [0.1, 0.15) is 24.8 Å². The standard InChI is InChI=1S/C22H25N5O4/c1-12-4-17-18(31-11-30-17)5-15(12)24-20-23-9-16-19(25-20)27(21(28)26(16)2)22-6-13(7-22)14(8-22)10-29-3/h4-5,9,13-14H,6-8,10-11H2,1-3H3,(H,23,24,25). The Labute approximate surface area is 179 Å². The fraction of sp³-hybridized carbons (Fsp3) is 0.500. The van der Waals surface area contributed by atoms with E-state index in [4.69, 9.17) is 19.2 Å². The van der Waals surface area contributed by atoms with Crippen LogP contribution in [0.5, 0.6) is 11.5 Å². The van der Waals surface area contributed by atoms with Crippen LogP contribution in [-0.2, 0) is 17.3 Å². The minimum atomic E-state index is -0.162. The Bertz CT molecular complexity index is 1260. The predicted molar refractivity (Wildman–Crippen MR) is 114 cm³/mol. The van der Waals surface area contributed by atoms with Gasteiger partial charge in [0.05, 0.1) is 11.7 Å². The smallest absolute Gasteiger partial charge is 0.330 e. The number of hydrogen-bond donors (Lipinski definition) is 1. The average molecular weight is 423 g/mol. The summed E-state index contributed by atoms with van der Waals surface area (Å²) < 4.78 is 19.9. The Morgan fingerprint density at radius 1 is 1.26 bits per heavy atom. The zero-order valence-corrected chi connectivity index (χ0v) is 17.8. The SMILES string of the molecule is COCC1CC2(n3c(=O)n(C)c4cnc(Nc5cc6c(cc5C)OCO6)nc43)CC1C2. The lowest BCUT2D eigenvalue weighted by atomic mass is 9.76. The van der Waals surface area contributed by atoms with Crippen LogP contribution in [-0.4, -0.2) is 39.6 Å². The zero-order chi connectivity index (χ0) is 21.3. The molecule has 1 aromatic carbocycles. The van der Waals surface area contributed by atoms with Gasteiger partial charge in [-0.25, -0.2) is 9.78 Å². The van der Waals surface area contributed by atoms with Gasteiger partial charge in [0.25, 0.3) is 0 Å². The van der Waals surface area contributed by atoms with E-state index in [1.807, 2.05) is 23.6 Å². The van der Waals surface area contributed by atoms with Crippen molar-refractivity contribution in [3.63, 3.8) is 0 Å². The molecule has 0 saturated heterocycles. The highest BCUT2D eigenvalue weighted by Gasteiger charge is 2.58. The number of nitrogens with one attached hydrogen (secondary N) is 1. The van der Waals surface area contributed by atoms with Crippen LogP contribution in [0.25, 0.3) is 11.2 Å². The molecule has 2 bridgehead atoms. The van der Waals surface area contributed by atoms with Crippen LogP contribution in [0.2, 0.25) is 0 Å². The van der Waals surface area contributed by atoms with Gasteiger partial charge < -0.3 is 19.5 Å². The van der Waals surface area contributed by atoms with E-state index in [1.165, 1.54) is 0 Å². The van der Waals surface area contributed by atoms with E-state index in [-0.39, 0.29) is 18.0 Å². The molecule has 3 saturated carbocycles. The molecular formula is C22H25N5O4. The van der Waals surface area contributed by atoms with Crippen molar-refractivity contribution >= 4 is 22.8 Å². The minimum absolute atomic E-state index is 0.0303. The van der Waals surface area contributed by atoms with E-state index in [1.54, 1.807) is 24.9 Å². The molecule has 2 aromatic heterocycles. The number of anilines is 2. The van der Waals surface area contributed by atoms with Crippen LogP contribution >= 0.6 is 0 Å². The van der Waals surface area contributed by atoms with Crippen molar-refractivity contribution < 1.29 is 14.2 Å². The number of rotatable bonds is 5. The first-order chi connectivity index (χ1) is 15.0. The van der Waals surface area contributed by atoms with Crippen molar-refractivity contribution in [2.24, 2.45) is 18.9 Å². The molecule has 3 aliphatic carbocycles. The second-order valence-corrected chi connectivity index (χ2v) is 9.04. The molecule has 1 aliphatic heterocycles. The fourth-order valence-corrected chi connectivity index (χ4v) is 5.65. The number of hydrogen-bond acceptors (Lipinski definition) is 7. The van der Waals surface area contributed by atoms with E-state index in [9.17, 15) is 4.79 Å². The van der Waals surface area contributed by atoms with Gasteiger partial charge in [0, 0.05) is 32.5 Å². The largest absolute Gasteiger partial charge is 0.454 e. The highest BCUT2D eigenvalue weighted by atomic mass is 16.7. The molecule has 3 heterocycles. The van der Waals surface area contributed by atoms with Gasteiger partial charge in [0.2, 0.25) is 12.7 Å². The summed E-state index contributed by atoms with van der Waals surface area (Å²) in [7, 11) is 3.53. The Balaban J connectivity index is 1.40. The topological polar surface area (TPSA) is 92.4 Å². The number of aryl methyl sites for hydroxylation is 2. The maximum absolute atomic E-state index is 13.2. The van der Waals surface area contributed by atoms with Crippen molar-refractivity contribution in [2.45, 2.75) is 31.7 Å². The molecule has 7 rings (SSSR count). The third kappa shape index (κ3) is 2.62. The summed E-state index contributed by atoms with van der Waals surface area (Å²) in [5.74, 6) is 3.01. The molecule has 31 heavy (non-hydrogen) atoms. The highest BCUT2D eigenvalue weighted by Crippen LogP contribution is 2.60. The predicted octanol–water partition coefficient (Wildman–Crippen LogP) is 2.68. The molecule has 3 fully saturated rings. The summed E-state index contributed by atoms with van der Waals surface area (Å²) in [6.45, 7) is 2.96. The maximum Gasteiger partial charge on any atom is 0.330 e. The first-order valence-electron chi connectivity index (χ1n) is 10.6. The number of imidazole rings is 1. The second-order valence-electron chi connectivity index (χ2n) is 9.04. The van der Waals surface area contributed by atoms with Crippen molar-refractivity contribution in [3.8, 4) is 11.5 Å². The normalized spacial score (nSPS) is 25.8. The van der Waals surface area contributed by atoms with Crippen molar-refractivity contribution in [3.05, 3.63) is 34.4 Å². The van der Waals surface area contributed by atoms with Crippen LogP contribution in [0.4, 0.5) is 11.6 Å². The summed E-state index contributed by atoms with van der Waals surface area (Å²) >= 11 is 0. The Hall–Kier alpha value is -3.07. The van der Waals surface area contributed by atoms with E-state index < -0.39 is 0 Å². The lowest BCUT2D eigenvalue weighted by molar-refractivity contribution is 0.115. The molecule has 0 spiro atoms. The third-order valence-corrected chi connectivity index (χ3v) is 7.22. The molecule has 3 aromatic rings. The van der Waals surface area contributed by atoms with Gasteiger partial charge in [-0.2, -0.15) is 4.98 Å². The Morgan fingerprint density at radius 2 is 2.03 bits per heavy atom. The van der Waals surface area contributed by atoms with E-state index in [2.05, 4.69) is 10.3 Å². The van der Waals surface area contributed by atoms with Gasteiger partial charge in [-0.3, -0.25) is 9.13 Å². The molecule has 9 heteroatoms. The molecule has 0 radical (unpaired) electrons. The fourth-order valence-electron chi connectivity index (χ4n) is 5.65. The number of aromatic nitrogens is 4. The lowest BCUT2D eigenvalue weighted by Gasteiger charge is -2.39. The summed E-state index contributed by atoms with van der Waals surface area (Å²) in [6, 6.07) is 3.83. The van der Waals surface area contributed by atoms with Gasteiger partial charge in [-0.15, -0.1) is 0 Å². The first kappa shape index (κ1) is 18.7. The van der Waals surface area contributed by atoms with Gasteiger partial charge in [0.1, 0.15) is 5.52 Å². The quantitative estimate of drug-likeness (QED) is 0.674. The van der Waals surface area contributed by atoms with Crippen LogP contribution in [0.15, 0.2) is 23.1 Å². The minimum Gasteiger partial charge on any atom is -0.454 e. The van der Waals surface area contributed by atoms with E-state index >= 15 is 0 Å². The van der Waals surface area contributed by atoms with Gasteiger partial charge in [-0.1, -0.05) is 0 Å². The summed E-state index contributed by atoms with van der Waals surface area (Å²) in [5.41, 5.74) is 3.07. The van der Waals surface area contributed by atoms with Gasteiger partial charge >= 0.3 is 5.69 Å². The van der Waals surface area contributed by atoms with Crippen LogP contribution in [0, 0.1) is 18.8 Å². The van der Waals surface area contributed by atoms with Crippen LogP contribution in [0.3, 0.4) is 0 Å². The molecule has 162 valence electrons. The lowest BCUT2D eigenvalue weighted by Crippen LogP contribution is -2.45. The average Bonchev–Trinajstić information content (AvgIpc) is 3.45. The maximum atomic E-state index is 13.2. The molecule has 1 unspecified atom stereocenters. The number of nitrogens with zero attached hydrogens (tertiary/aromatic N) is 4. The Kier molecular flexibility index (Phi) is 3.89. The van der Waals surface area contributed by atoms with Gasteiger partial charge in [-0.05, 0) is 49.7 Å². The highest BCUT2D eigenvalue weighted by molar-refractivity contribution is 5.74. The van der Waals surface area contributed by atoms with E-state index in [0.29, 0.717) is 29.2 Å². The second kappa shape index (κ2) is 6.46. The van der Waals surface area contributed by atoms with Crippen molar-refractivity contribution in [1.29, 1.82) is 0 Å². The molecule has 4 aliphatic rings. The molecular weight excluding hydrogens is 398 g/mol. The summed E-state index contributed by atoms with van der Waals surface area (Å²) in [5, 5.41) is 3.29. The summed E-state index contributed by atoms with van der Waals surface area (Å²) in [4.78, 5) is 22.5.